The minimum Gasteiger partial charge on any atom is -0.396 e. The summed E-state index contributed by atoms with van der Waals surface area (Å²) in [6, 6.07) is 9.91. The van der Waals surface area contributed by atoms with Gasteiger partial charge >= 0.3 is 6.03 Å². The molecular formula is C16H22N2O2. The lowest BCUT2D eigenvalue weighted by molar-refractivity contribution is 0.144. The van der Waals surface area contributed by atoms with Gasteiger partial charge in [0.05, 0.1) is 0 Å². The second-order valence-corrected chi connectivity index (χ2v) is 6.02. The van der Waals surface area contributed by atoms with Crippen molar-refractivity contribution in [1.29, 1.82) is 0 Å². The summed E-state index contributed by atoms with van der Waals surface area (Å²) >= 11 is 0. The summed E-state index contributed by atoms with van der Waals surface area (Å²) in [5, 5.41) is 15.5. The van der Waals surface area contributed by atoms with Gasteiger partial charge in [0.25, 0.3) is 0 Å². The molecule has 1 aromatic carbocycles. The third-order valence-corrected chi connectivity index (χ3v) is 4.89. The van der Waals surface area contributed by atoms with E-state index in [1.54, 1.807) is 0 Å². The maximum Gasteiger partial charge on any atom is 0.315 e. The summed E-state index contributed by atoms with van der Waals surface area (Å²) in [5.41, 5.74) is 1.09. The molecule has 108 valence electrons. The lowest BCUT2D eigenvalue weighted by Crippen LogP contribution is -2.48. The first-order valence-electron chi connectivity index (χ1n) is 7.47. The molecule has 0 saturated heterocycles. The Labute approximate surface area is 119 Å². The fourth-order valence-electron chi connectivity index (χ4n) is 3.88. The third kappa shape index (κ3) is 2.66. The molecule has 4 unspecified atom stereocenters. The highest BCUT2D eigenvalue weighted by atomic mass is 16.3. The zero-order chi connectivity index (χ0) is 13.9. The van der Waals surface area contributed by atoms with E-state index < -0.39 is 0 Å². The minimum absolute atomic E-state index is 0.121. The molecule has 0 heterocycles. The SMILES string of the molecule is O=C(NCc1ccccc1)NC1C2CCC(C2)C1CO. The number of urea groups is 1. The molecule has 2 amide bonds. The number of aliphatic hydroxyl groups excluding tert-OH is 1. The Morgan fingerprint density at radius 2 is 1.95 bits per heavy atom. The van der Waals surface area contributed by atoms with Gasteiger partial charge in [0, 0.05) is 25.1 Å². The van der Waals surface area contributed by atoms with Gasteiger partial charge in [-0.3, -0.25) is 0 Å². The van der Waals surface area contributed by atoms with Gasteiger partial charge in [-0.1, -0.05) is 30.3 Å². The Morgan fingerprint density at radius 1 is 1.20 bits per heavy atom. The quantitative estimate of drug-likeness (QED) is 0.785. The Morgan fingerprint density at radius 3 is 2.70 bits per heavy atom. The predicted octanol–water partition coefficient (Wildman–Crippen LogP) is 1.89. The van der Waals surface area contributed by atoms with Crippen LogP contribution in [-0.2, 0) is 6.54 Å². The van der Waals surface area contributed by atoms with Crippen molar-refractivity contribution >= 4 is 6.03 Å². The highest BCUT2D eigenvalue weighted by Gasteiger charge is 2.47. The molecule has 20 heavy (non-hydrogen) atoms. The average Bonchev–Trinajstić information content (AvgIpc) is 3.07. The number of fused-ring (bicyclic) bond motifs is 2. The largest absolute Gasteiger partial charge is 0.396 e. The van der Waals surface area contributed by atoms with E-state index >= 15 is 0 Å². The molecule has 3 rings (SSSR count). The van der Waals surface area contributed by atoms with E-state index in [9.17, 15) is 9.90 Å². The first-order valence-corrected chi connectivity index (χ1v) is 7.47. The summed E-state index contributed by atoms with van der Waals surface area (Å²) in [6.07, 6.45) is 3.55. The Hall–Kier alpha value is -1.55. The topological polar surface area (TPSA) is 61.4 Å². The number of carbonyl (C=O) groups excluding carboxylic acids is 1. The van der Waals surface area contributed by atoms with Crippen molar-refractivity contribution in [2.45, 2.75) is 31.8 Å². The molecule has 2 fully saturated rings. The highest BCUT2D eigenvalue weighted by molar-refractivity contribution is 5.74. The smallest absolute Gasteiger partial charge is 0.315 e. The van der Waals surface area contributed by atoms with Gasteiger partial charge in [0.1, 0.15) is 0 Å². The van der Waals surface area contributed by atoms with Gasteiger partial charge in [-0.25, -0.2) is 4.79 Å². The Bertz CT molecular complexity index is 463. The first kappa shape index (κ1) is 13.4. The summed E-state index contributed by atoms with van der Waals surface area (Å²) in [4.78, 5) is 12.0. The number of aliphatic hydroxyl groups is 1. The van der Waals surface area contributed by atoms with E-state index in [2.05, 4.69) is 10.6 Å². The summed E-state index contributed by atoms with van der Waals surface area (Å²) in [5.74, 6) is 1.40. The zero-order valence-electron chi connectivity index (χ0n) is 11.6. The van der Waals surface area contributed by atoms with E-state index in [0.717, 1.165) is 12.0 Å². The van der Waals surface area contributed by atoms with Gasteiger partial charge in [-0.05, 0) is 36.7 Å². The van der Waals surface area contributed by atoms with Crippen LogP contribution in [0.4, 0.5) is 4.79 Å². The molecule has 1 aromatic rings. The average molecular weight is 274 g/mol. The van der Waals surface area contributed by atoms with Crippen LogP contribution in [0.3, 0.4) is 0 Å². The highest BCUT2D eigenvalue weighted by Crippen LogP contribution is 2.48. The van der Waals surface area contributed by atoms with Crippen LogP contribution in [0.2, 0.25) is 0 Å². The van der Waals surface area contributed by atoms with Crippen LogP contribution in [0.5, 0.6) is 0 Å². The number of rotatable bonds is 4. The van der Waals surface area contributed by atoms with Crippen LogP contribution >= 0.6 is 0 Å². The van der Waals surface area contributed by atoms with Crippen LogP contribution < -0.4 is 10.6 Å². The fourth-order valence-corrected chi connectivity index (χ4v) is 3.88. The Balaban J connectivity index is 1.51. The van der Waals surface area contributed by atoms with Crippen molar-refractivity contribution in [3.8, 4) is 0 Å². The van der Waals surface area contributed by atoms with Crippen molar-refractivity contribution in [2.75, 3.05) is 6.61 Å². The first-order chi connectivity index (χ1) is 9.78. The monoisotopic (exact) mass is 274 g/mol. The molecule has 2 aliphatic rings. The number of hydrogen-bond acceptors (Lipinski definition) is 2. The van der Waals surface area contributed by atoms with E-state index in [0.29, 0.717) is 18.4 Å². The summed E-state index contributed by atoms with van der Waals surface area (Å²) in [6.45, 7) is 0.724. The molecule has 3 N–H and O–H groups in total. The number of hydrogen-bond donors (Lipinski definition) is 3. The second kappa shape index (κ2) is 5.83. The number of benzene rings is 1. The molecule has 4 heteroatoms. The molecule has 2 saturated carbocycles. The third-order valence-electron chi connectivity index (χ3n) is 4.89. The molecule has 2 bridgehead atoms. The van der Waals surface area contributed by atoms with Crippen LogP contribution in [0.1, 0.15) is 24.8 Å². The lowest BCUT2D eigenvalue weighted by atomic mass is 9.85. The van der Waals surface area contributed by atoms with Crippen molar-refractivity contribution in [2.24, 2.45) is 17.8 Å². The van der Waals surface area contributed by atoms with E-state index in [1.807, 2.05) is 30.3 Å². The van der Waals surface area contributed by atoms with Crippen molar-refractivity contribution in [1.82, 2.24) is 10.6 Å². The maximum atomic E-state index is 12.0. The molecule has 4 nitrogen and oxygen atoms in total. The van der Waals surface area contributed by atoms with E-state index in [1.165, 1.54) is 12.8 Å². The van der Waals surface area contributed by atoms with Crippen LogP contribution in [0.15, 0.2) is 30.3 Å². The number of carbonyl (C=O) groups is 1. The predicted molar refractivity (Wildman–Crippen MR) is 77.0 cm³/mol. The van der Waals surface area contributed by atoms with Crippen LogP contribution in [0.25, 0.3) is 0 Å². The van der Waals surface area contributed by atoms with Gasteiger partial charge < -0.3 is 15.7 Å². The Kier molecular flexibility index (Phi) is 3.92. The van der Waals surface area contributed by atoms with Crippen molar-refractivity contribution < 1.29 is 9.90 Å². The molecular weight excluding hydrogens is 252 g/mol. The second-order valence-electron chi connectivity index (χ2n) is 6.02. The van der Waals surface area contributed by atoms with E-state index in [-0.39, 0.29) is 24.6 Å². The maximum absolute atomic E-state index is 12.0. The van der Waals surface area contributed by atoms with Gasteiger partial charge in [-0.2, -0.15) is 0 Å². The number of amides is 2. The summed E-state index contributed by atoms with van der Waals surface area (Å²) in [7, 11) is 0. The number of nitrogens with one attached hydrogen (secondary N) is 2. The fraction of sp³-hybridized carbons (Fsp3) is 0.562. The molecule has 0 spiro atoms. The van der Waals surface area contributed by atoms with E-state index in [4.69, 9.17) is 0 Å². The lowest BCUT2D eigenvalue weighted by Gasteiger charge is -2.30. The van der Waals surface area contributed by atoms with Gasteiger partial charge in [-0.15, -0.1) is 0 Å². The van der Waals surface area contributed by atoms with Crippen molar-refractivity contribution in [3.63, 3.8) is 0 Å². The molecule has 0 aromatic heterocycles. The van der Waals surface area contributed by atoms with Crippen LogP contribution in [-0.4, -0.2) is 23.8 Å². The molecule has 2 aliphatic carbocycles. The summed E-state index contributed by atoms with van der Waals surface area (Å²) < 4.78 is 0. The zero-order valence-corrected chi connectivity index (χ0v) is 11.6. The standard InChI is InChI=1S/C16H22N2O2/c19-10-14-12-6-7-13(8-12)15(14)18-16(20)17-9-11-4-2-1-3-5-11/h1-5,12-15,19H,6-10H2,(H2,17,18,20). The molecule has 4 atom stereocenters. The minimum atomic E-state index is -0.121. The van der Waals surface area contributed by atoms with Gasteiger partial charge in [0.15, 0.2) is 0 Å². The normalized spacial score (nSPS) is 31.2. The van der Waals surface area contributed by atoms with Crippen LogP contribution in [0, 0.1) is 17.8 Å². The molecule has 0 radical (unpaired) electrons. The van der Waals surface area contributed by atoms with Crippen molar-refractivity contribution in [3.05, 3.63) is 35.9 Å². The van der Waals surface area contributed by atoms with Gasteiger partial charge in [0.2, 0.25) is 0 Å². The molecule has 0 aliphatic heterocycles.